The number of phenolic OH excluding ortho intramolecular Hbond substituents is 1. The van der Waals surface area contributed by atoms with Crippen molar-refractivity contribution in [2.24, 2.45) is 11.3 Å². The zero-order valence-corrected chi connectivity index (χ0v) is 14.5. The van der Waals surface area contributed by atoms with Gasteiger partial charge < -0.3 is 5.11 Å². The van der Waals surface area contributed by atoms with E-state index < -0.39 is 0 Å². The summed E-state index contributed by atoms with van der Waals surface area (Å²) in [5, 5.41) is 10.1. The minimum absolute atomic E-state index is 0.159. The molecule has 22 heavy (non-hydrogen) atoms. The second-order valence-electron chi connectivity index (χ2n) is 7.25. The van der Waals surface area contributed by atoms with E-state index in [4.69, 9.17) is 0 Å². The van der Waals surface area contributed by atoms with Gasteiger partial charge in [0.05, 0.1) is 0 Å². The Morgan fingerprint density at radius 3 is 2.73 bits per heavy atom. The Morgan fingerprint density at radius 2 is 2.05 bits per heavy atom. The van der Waals surface area contributed by atoms with E-state index in [9.17, 15) is 5.11 Å². The fraction of sp³-hybridized carbons (Fsp3) is 0.524. The lowest BCUT2D eigenvalue weighted by atomic mass is 9.63. The molecule has 1 aliphatic carbocycles. The molecule has 120 valence electrons. The third kappa shape index (κ3) is 3.82. The van der Waals surface area contributed by atoms with Crippen LogP contribution in [0.5, 0.6) is 5.75 Å². The highest BCUT2D eigenvalue weighted by Gasteiger charge is 2.36. The number of allylic oxidation sites excluding steroid dienone is 4. The van der Waals surface area contributed by atoms with Gasteiger partial charge in [0.15, 0.2) is 0 Å². The lowest BCUT2D eigenvalue weighted by Gasteiger charge is -2.42. The number of aromatic hydroxyl groups is 1. The van der Waals surface area contributed by atoms with E-state index >= 15 is 0 Å². The maximum atomic E-state index is 10.1. The first-order valence-electron chi connectivity index (χ1n) is 8.53. The third-order valence-electron chi connectivity index (χ3n) is 5.33. The summed E-state index contributed by atoms with van der Waals surface area (Å²) in [4.78, 5) is 0. The SMILES string of the molecule is CC(C)=CCCC1=CCC[C@H](C)[C@@]1(C)Cc1ccccc1O. The summed E-state index contributed by atoms with van der Waals surface area (Å²) < 4.78 is 0. The molecule has 2 atom stereocenters. The highest BCUT2D eigenvalue weighted by Crippen LogP contribution is 2.47. The second-order valence-corrected chi connectivity index (χ2v) is 7.25. The van der Waals surface area contributed by atoms with Crippen molar-refractivity contribution in [2.45, 2.75) is 59.8 Å². The summed E-state index contributed by atoms with van der Waals surface area (Å²) in [5.74, 6) is 1.09. The third-order valence-corrected chi connectivity index (χ3v) is 5.33. The number of rotatable bonds is 5. The first-order chi connectivity index (χ1) is 10.4. The molecule has 0 saturated carbocycles. The Bertz CT molecular complexity index is 563. The molecule has 0 unspecified atom stereocenters. The lowest BCUT2D eigenvalue weighted by Crippen LogP contribution is -2.33. The van der Waals surface area contributed by atoms with E-state index in [1.807, 2.05) is 12.1 Å². The number of para-hydroxylation sites is 1. The van der Waals surface area contributed by atoms with Crippen LogP contribution in [0.3, 0.4) is 0 Å². The molecule has 0 aromatic heterocycles. The van der Waals surface area contributed by atoms with Crippen LogP contribution >= 0.6 is 0 Å². The molecule has 0 heterocycles. The molecule has 1 heteroatoms. The molecule has 2 rings (SSSR count). The zero-order chi connectivity index (χ0) is 16.2. The van der Waals surface area contributed by atoms with E-state index in [0.29, 0.717) is 11.7 Å². The van der Waals surface area contributed by atoms with Crippen molar-refractivity contribution < 1.29 is 5.11 Å². The molecule has 0 radical (unpaired) electrons. The van der Waals surface area contributed by atoms with Gasteiger partial charge in [0.25, 0.3) is 0 Å². The van der Waals surface area contributed by atoms with E-state index in [-0.39, 0.29) is 5.41 Å². The first-order valence-corrected chi connectivity index (χ1v) is 8.53. The molecule has 1 aliphatic rings. The summed E-state index contributed by atoms with van der Waals surface area (Å²) in [5.41, 5.74) is 4.21. The van der Waals surface area contributed by atoms with Gasteiger partial charge in [-0.15, -0.1) is 0 Å². The van der Waals surface area contributed by atoms with Crippen molar-refractivity contribution in [1.82, 2.24) is 0 Å². The molecule has 0 amide bonds. The Labute approximate surface area is 135 Å². The van der Waals surface area contributed by atoms with Gasteiger partial charge in [0.2, 0.25) is 0 Å². The van der Waals surface area contributed by atoms with Crippen LogP contribution in [-0.2, 0) is 6.42 Å². The monoisotopic (exact) mass is 298 g/mol. The van der Waals surface area contributed by atoms with Crippen LogP contribution in [0.1, 0.15) is 58.9 Å². The van der Waals surface area contributed by atoms with Crippen molar-refractivity contribution in [3.8, 4) is 5.75 Å². The molecule has 1 aromatic rings. The van der Waals surface area contributed by atoms with Gasteiger partial charge in [-0.1, -0.05) is 55.3 Å². The molecule has 1 nitrogen and oxygen atoms in total. The van der Waals surface area contributed by atoms with E-state index in [1.54, 1.807) is 11.6 Å². The van der Waals surface area contributed by atoms with Crippen LogP contribution in [-0.4, -0.2) is 5.11 Å². The van der Waals surface area contributed by atoms with Crippen LogP contribution in [0, 0.1) is 11.3 Å². The predicted octanol–water partition coefficient (Wildman–Crippen LogP) is 6.04. The first kappa shape index (κ1) is 16.9. The molecular formula is C21H30O. The summed E-state index contributed by atoms with van der Waals surface area (Å²) in [7, 11) is 0. The maximum Gasteiger partial charge on any atom is 0.118 e. The van der Waals surface area contributed by atoms with Gasteiger partial charge in [0.1, 0.15) is 5.75 Å². The molecule has 0 saturated heterocycles. The van der Waals surface area contributed by atoms with Gasteiger partial charge in [-0.05, 0) is 68.9 Å². The fourth-order valence-corrected chi connectivity index (χ4v) is 3.62. The average molecular weight is 298 g/mol. The van der Waals surface area contributed by atoms with E-state index in [2.05, 4.69) is 45.9 Å². The van der Waals surface area contributed by atoms with E-state index in [1.165, 1.54) is 18.4 Å². The second kappa shape index (κ2) is 7.17. The van der Waals surface area contributed by atoms with Crippen molar-refractivity contribution >= 4 is 0 Å². The number of hydrogen-bond donors (Lipinski definition) is 1. The number of hydrogen-bond acceptors (Lipinski definition) is 1. The molecule has 0 aliphatic heterocycles. The van der Waals surface area contributed by atoms with Crippen molar-refractivity contribution in [2.75, 3.05) is 0 Å². The van der Waals surface area contributed by atoms with Crippen LogP contribution in [0.25, 0.3) is 0 Å². The molecule has 1 aromatic carbocycles. The summed E-state index contributed by atoms with van der Waals surface area (Å²) in [6, 6.07) is 7.80. The summed E-state index contributed by atoms with van der Waals surface area (Å²) >= 11 is 0. The van der Waals surface area contributed by atoms with Gasteiger partial charge in [0, 0.05) is 0 Å². The molecule has 0 bridgehead atoms. The van der Waals surface area contributed by atoms with Crippen molar-refractivity contribution in [3.63, 3.8) is 0 Å². The van der Waals surface area contributed by atoms with Gasteiger partial charge in [-0.2, -0.15) is 0 Å². The Hall–Kier alpha value is -1.50. The van der Waals surface area contributed by atoms with Crippen molar-refractivity contribution in [1.29, 1.82) is 0 Å². The minimum atomic E-state index is 0.159. The molecule has 0 fully saturated rings. The van der Waals surface area contributed by atoms with Gasteiger partial charge in [-0.25, -0.2) is 0 Å². The highest BCUT2D eigenvalue weighted by molar-refractivity contribution is 5.35. The van der Waals surface area contributed by atoms with Crippen LogP contribution in [0.2, 0.25) is 0 Å². The number of phenols is 1. The lowest BCUT2D eigenvalue weighted by molar-refractivity contribution is 0.218. The van der Waals surface area contributed by atoms with Crippen LogP contribution in [0.4, 0.5) is 0 Å². The topological polar surface area (TPSA) is 20.2 Å². The van der Waals surface area contributed by atoms with Crippen molar-refractivity contribution in [3.05, 3.63) is 53.1 Å². The molecular weight excluding hydrogens is 268 g/mol. The quantitative estimate of drug-likeness (QED) is 0.657. The Kier molecular flexibility index (Phi) is 5.50. The van der Waals surface area contributed by atoms with Gasteiger partial charge >= 0.3 is 0 Å². The average Bonchev–Trinajstić information content (AvgIpc) is 2.46. The summed E-state index contributed by atoms with van der Waals surface area (Å²) in [6.07, 6.45) is 10.4. The largest absolute Gasteiger partial charge is 0.508 e. The molecule has 0 spiro atoms. The normalized spacial score (nSPS) is 24.7. The Balaban J connectivity index is 2.22. The number of benzene rings is 1. The fourth-order valence-electron chi connectivity index (χ4n) is 3.62. The Morgan fingerprint density at radius 1 is 1.32 bits per heavy atom. The maximum absolute atomic E-state index is 10.1. The smallest absolute Gasteiger partial charge is 0.118 e. The minimum Gasteiger partial charge on any atom is -0.508 e. The zero-order valence-electron chi connectivity index (χ0n) is 14.5. The molecule has 1 N–H and O–H groups in total. The summed E-state index contributed by atoms with van der Waals surface area (Å²) in [6.45, 7) is 9.09. The van der Waals surface area contributed by atoms with Crippen LogP contribution < -0.4 is 0 Å². The van der Waals surface area contributed by atoms with Gasteiger partial charge in [-0.3, -0.25) is 0 Å². The predicted molar refractivity (Wildman–Crippen MR) is 95.1 cm³/mol. The van der Waals surface area contributed by atoms with Crippen LogP contribution in [0.15, 0.2) is 47.6 Å². The standard InChI is InChI=1S/C21H30O/c1-16(2)9-7-12-19-13-8-10-17(3)21(19,4)15-18-11-5-6-14-20(18)22/h5-6,9,11,13-14,17,22H,7-8,10,12,15H2,1-4H3/t17-,21+/m0/s1. The van der Waals surface area contributed by atoms with E-state index in [0.717, 1.165) is 24.8 Å². The highest BCUT2D eigenvalue weighted by atomic mass is 16.3.